The summed E-state index contributed by atoms with van der Waals surface area (Å²) in [5.41, 5.74) is 0. The number of esters is 4. The Morgan fingerprint density at radius 2 is 0.536 bits per heavy atom. The molecule has 2 saturated carbocycles. The van der Waals surface area contributed by atoms with E-state index in [-0.39, 0.29) is 61.5 Å². The Morgan fingerprint density at radius 3 is 0.750 bits per heavy atom. The number of fused-ring (bicyclic) bond motifs is 2. The summed E-state index contributed by atoms with van der Waals surface area (Å²) in [6.07, 6.45) is 29.7. The Morgan fingerprint density at radius 1 is 0.339 bits per heavy atom. The Hall–Kier alpha value is -2.20. The maximum atomic E-state index is 13.1. The van der Waals surface area contributed by atoms with Gasteiger partial charge in [-0.05, 0) is 64.2 Å². The van der Waals surface area contributed by atoms with Crippen LogP contribution in [0.25, 0.3) is 0 Å². The minimum Gasteiger partial charge on any atom is -0.465 e. The molecule has 4 aliphatic rings. The first-order valence-corrected chi connectivity index (χ1v) is 23.4. The summed E-state index contributed by atoms with van der Waals surface area (Å²) in [5, 5.41) is 0. The van der Waals surface area contributed by atoms with Gasteiger partial charge in [0, 0.05) is 0 Å². The lowest BCUT2D eigenvalue weighted by atomic mass is 9.79. The second-order valence-corrected chi connectivity index (χ2v) is 17.2. The van der Waals surface area contributed by atoms with Crippen molar-refractivity contribution in [3.63, 3.8) is 0 Å². The minimum atomic E-state index is -0.518. The van der Waals surface area contributed by atoms with Gasteiger partial charge in [0.2, 0.25) is 0 Å². The molecule has 2 aliphatic carbocycles. The van der Waals surface area contributed by atoms with Crippen LogP contribution in [0.15, 0.2) is 0 Å². The molecule has 0 spiro atoms. The quantitative estimate of drug-likeness (QED) is 0.0274. The highest BCUT2D eigenvalue weighted by molar-refractivity contribution is 5.83. The molecular formula is C46H78O10. The van der Waals surface area contributed by atoms with E-state index in [0.29, 0.717) is 51.7 Å². The predicted octanol–water partition coefficient (Wildman–Crippen LogP) is 10.1. The number of unbranched alkanes of at least 4 members (excludes halogenated alkanes) is 21. The zero-order chi connectivity index (χ0) is 39.8. The van der Waals surface area contributed by atoms with Gasteiger partial charge >= 0.3 is 23.9 Å². The second kappa shape index (κ2) is 27.5. The van der Waals surface area contributed by atoms with Crippen LogP contribution in [0.5, 0.6) is 0 Å². The summed E-state index contributed by atoms with van der Waals surface area (Å²) >= 11 is 0. The molecule has 0 aromatic heterocycles. The maximum Gasteiger partial charge on any atom is 0.309 e. The van der Waals surface area contributed by atoms with Gasteiger partial charge in [0.05, 0.1) is 74.5 Å². The number of hydrogen-bond donors (Lipinski definition) is 0. The summed E-state index contributed by atoms with van der Waals surface area (Å²) in [6.45, 7) is 5.87. The van der Waals surface area contributed by atoms with Crippen LogP contribution in [0.3, 0.4) is 0 Å². The molecule has 0 aromatic carbocycles. The molecule has 4 rings (SSSR count). The van der Waals surface area contributed by atoms with Crippen molar-refractivity contribution in [1.29, 1.82) is 0 Å². The number of hydrogen-bond acceptors (Lipinski definition) is 10. The van der Waals surface area contributed by atoms with Crippen LogP contribution in [0.2, 0.25) is 0 Å². The molecule has 8 unspecified atom stereocenters. The number of carbonyl (C=O) groups excluding carboxylic acids is 4. The molecule has 56 heavy (non-hydrogen) atoms. The summed E-state index contributed by atoms with van der Waals surface area (Å²) in [6, 6.07) is 0. The lowest BCUT2D eigenvalue weighted by molar-refractivity contribution is -0.162. The second-order valence-electron chi connectivity index (χ2n) is 17.2. The van der Waals surface area contributed by atoms with Crippen LogP contribution in [0, 0.1) is 23.7 Å². The molecule has 8 atom stereocenters. The Bertz CT molecular complexity index is 1040. The van der Waals surface area contributed by atoms with Gasteiger partial charge in [0.1, 0.15) is 0 Å². The number of ether oxygens (including phenoxy) is 6. The van der Waals surface area contributed by atoms with Crippen molar-refractivity contribution in [2.24, 2.45) is 23.7 Å². The molecule has 10 nitrogen and oxygen atoms in total. The lowest BCUT2D eigenvalue weighted by Crippen LogP contribution is -2.38. The fourth-order valence-corrected chi connectivity index (χ4v) is 8.74. The van der Waals surface area contributed by atoms with Crippen LogP contribution < -0.4 is 0 Å². The smallest absolute Gasteiger partial charge is 0.309 e. The first kappa shape index (κ1) is 46.5. The van der Waals surface area contributed by atoms with Gasteiger partial charge in [-0.25, -0.2) is 0 Å². The van der Waals surface area contributed by atoms with Crippen LogP contribution in [-0.2, 0) is 47.6 Å². The molecule has 0 N–H and O–H groups in total. The van der Waals surface area contributed by atoms with Gasteiger partial charge < -0.3 is 28.4 Å². The topological polar surface area (TPSA) is 130 Å². The average Bonchev–Trinajstić information content (AvgIpc) is 4.14. The van der Waals surface area contributed by atoms with Crippen molar-refractivity contribution in [3.05, 3.63) is 0 Å². The molecule has 0 amide bonds. The average molecular weight is 791 g/mol. The van der Waals surface area contributed by atoms with Crippen molar-refractivity contribution in [2.45, 2.75) is 218 Å². The van der Waals surface area contributed by atoms with Crippen LogP contribution >= 0.6 is 0 Å². The maximum absolute atomic E-state index is 13.1. The molecular weight excluding hydrogens is 712 g/mol. The monoisotopic (exact) mass is 791 g/mol. The standard InChI is InChI=1S/C46H78O10/c1-3-5-7-9-11-13-15-17-19-23-27-51-43(47)35-31-39-41(55-39)33-37(35)45(49)53-29-25-21-22-26-30-54-46(50)38-34-42-40(56-42)32-36(38)44(48)52-28-24-20-18-16-14-12-10-8-6-4-2/h35-42H,3-34H2,1-2H3. The van der Waals surface area contributed by atoms with Crippen LogP contribution in [-0.4, -0.2) is 74.7 Å². The van der Waals surface area contributed by atoms with E-state index in [2.05, 4.69) is 13.8 Å². The molecule has 2 heterocycles. The molecule has 0 bridgehead atoms. The summed E-state index contributed by atoms with van der Waals surface area (Å²) < 4.78 is 33.9. The molecule has 322 valence electrons. The molecule has 10 heteroatoms. The third-order valence-corrected chi connectivity index (χ3v) is 12.5. The van der Waals surface area contributed by atoms with Crippen molar-refractivity contribution < 1.29 is 47.6 Å². The molecule has 2 aliphatic heterocycles. The number of epoxide rings is 2. The zero-order valence-electron chi connectivity index (χ0n) is 35.3. The Kier molecular flexibility index (Phi) is 22.8. The lowest BCUT2D eigenvalue weighted by Gasteiger charge is -2.26. The number of rotatable bonds is 33. The van der Waals surface area contributed by atoms with Gasteiger partial charge in [-0.1, -0.05) is 129 Å². The molecule has 0 radical (unpaired) electrons. The van der Waals surface area contributed by atoms with Crippen LogP contribution in [0.1, 0.15) is 194 Å². The van der Waals surface area contributed by atoms with Gasteiger partial charge in [0.15, 0.2) is 0 Å². The largest absolute Gasteiger partial charge is 0.465 e. The van der Waals surface area contributed by atoms with E-state index in [1.807, 2.05) is 0 Å². The highest BCUT2D eigenvalue weighted by Gasteiger charge is 2.54. The summed E-state index contributed by atoms with van der Waals surface area (Å²) in [4.78, 5) is 52.1. The van der Waals surface area contributed by atoms with E-state index in [4.69, 9.17) is 28.4 Å². The normalized spacial score (nSPS) is 26.1. The predicted molar refractivity (Wildman–Crippen MR) is 216 cm³/mol. The summed E-state index contributed by atoms with van der Waals surface area (Å²) in [7, 11) is 0. The highest BCUT2D eigenvalue weighted by atomic mass is 16.6. The zero-order valence-corrected chi connectivity index (χ0v) is 35.3. The van der Waals surface area contributed by atoms with E-state index >= 15 is 0 Å². The fraction of sp³-hybridized carbons (Fsp3) is 0.913. The SMILES string of the molecule is CCCCCCCCCCCCOC(=O)C1CC2OC2CC1C(=O)OCCCCCCOC(=O)C1CC2OC2CC1C(=O)OCCCCCCCCCCCC. The van der Waals surface area contributed by atoms with E-state index in [1.165, 1.54) is 103 Å². The first-order valence-electron chi connectivity index (χ1n) is 23.4. The minimum absolute atomic E-state index is 0.0448. The molecule has 0 aromatic rings. The van der Waals surface area contributed by atoms with Crippen molar-refractivity contribution in [1.82, 2.24) is 0 Å². The van der Waals surface area contributed by atoms with Gasteiger partial charge in [-0.15, -0.1) is 0 Å². The molecule has 4 fully saturated rings. The van der Waals surface area contributed by atoms with E-state index < -0.39 is 23.7 Å². The van der Waals surface area contributed by atoms with E-state index in [1.54, 1.807) is 0 Å². The van der Waals surface area contributed by atoms with Crippen molar-refractivity contribution >= 4 is 23.9 Å². The van der Waals surface area contributed by atoms with Gasteiger partial charge in [-0.3, -0.25) is 19.2 Å². The highest BCUT2D eigenvalue weighted by Crippen LogP contribution is 2.45. The van der Waals surface area contributed by atoms with Crippen molar-refractivity contribution in [3.8, 4) is 0 Å². The van der Waals surface area contributed by atoms with Crippen LogP contribution in [0.4, 0.5) is 0 Å². The van der Waals surface area contributed by atoms with Gasteiger partial charge in [-0.2, -0.15) is 0 Å². The number of carbonyl (C=O) groups is 4. The fourth-order valence-electron chi connectivity index (χ4n) is 8.74. The Balaban J connectivity index is 1.01. The third-order valence-electron chi connectivity index (χ3n) is 12.5. The van der Waals surface area contributed by atoms with E-state index in [9.17, 15) is 19.2 Å². The van der Waals surface area contributed by atoms with Crippen molar-refractivity contribution in [2.75, 3.05) is 26.4 Å². The molecule has 2 saturated heterocycles. The summed E-state index contributed by atoms with van der Waals surface area (Å²) in [5.74, 6) is -3.30. The first-order chi connectivity index (χ1) is 27.4. The third kappa shape index (κ3) is 17.7. The van der Waals surface area contributed by atoms with Gasteiger partial charge in [0.25, 0.3) is 0 Å². The Labute approximate surface area is 338 Å². The van der Waals surface area contributed by atoms with E-state index in [0.717, 1.165) is 38.5 Å².